The minimum absolute atomic E-state index is 0.151. The van der Waals surface area contributed by atoms with Crippen molar-refractivity contribution in [1.82, 2.24) is 4.98 Å². The van der Waals surface area contributed by atoms with E-state index in [9.17, 15) is 13.6 Å². The van der Waals surface area contributed by atoms with Gasteiger partial charge in [0.2, 0.25) is 5.91 Å². The number of carbonyl (C=O) groups excluding carboxylic acids is 1. The van der Waals surface area contributed by atoms with Gasteiger partial charge in [-0.25, -0.2) is 8.78 Å². The van der Waals surface area contributed by atoms with Crippen LogP contribution in [0, 0.1) is 25.5 Å². The number of aryl methyl sites for hydroxylation is 1. The molecule has 0 unspecified atom stereocenters. The lowest BCUT2D eigenvalue weighted by atomic mass is 10.1. The Morgan fingerprint density at radius 2 is 2.08 bits per heavy atom. The molecule has 0 aliphatic carbocycles. The number of hydrogen-bond acceptors (Lipinski definition) is 3. The predicted molar refractivity (Wildman–Crippen MR) is 89.1 cm³/mol. The van der Waals surface area contributed by atoms with Crippen LogP contribution >= 0.6 is 0 Å². The summed E-state index contributed by atoms with van der Waals surface area (Å²) in [6, 6.07) is 5.77. The second-order valence-corrected chi connectivity index (χ2v) is 6.03. The number of amides is 1. The van der Waals surface area contributed by atoms with Crippen LogP contribution in [0.5, 0.6) is 0 Å². The topological polar surface area (TPSA) is 45.2 Å². The Morgan fingerprint density at radius 3 is 2.83 bits per heavy atom. The molecule has 1 fully saturated rings. The van der Waals surface area contributed by atoms with Gasteiger partial charge in [-0.1, -0.05) is 0 Å². The first kappa shape index (κ1) is 16.4. The first-order valence-electron chi connectivity index (χ1n) is 7.92. The Kier molecular flexibility index (Phi) is 4.46. The Hall–Kier alpha value is -2.50. The van der Waals surface area contributed by atoms with Crippen LogP contribution in [0.3, 0.4) is 0 Å². The molecule has 1 aromatic carbocycles. The van der Waals surface area contributed by atoms with Crippen molar-refractivity contribution in [3.63, 3.8) is 0 Å². The minimum Gasteiger partial charge on any atom is -0.359 e. The van der Waals surface area contributed by atoms with Crippen LogP contribution in [-0.4, -0.2) is 23.5 Å². The van der Waals surface area contributed by atoms with Crippen molar-refractivity contribution in [1.29, 1.82) is 0 Å². The summed E-state index contributed by atoms with van der Waals surface area (Å²) in [6.07, 6.45) is 3.14. The molecule has 1 atom stereocenters. The Bertz CT molecular complexity index is 779. The smallest absolute Gasteiger partial charge is 0.247 e. The summed E-state index contributed by atoms with van der Waals surface area (Å²) >= 11 is 0. The zero-order chi connectivity index (χ0) is 17.3. The molecule has 1 aliphatic heterocycles. The lowest BCUT2D eigenvalue weighted by molar-refractivity contribution is -0.117. The van der Waals surface area contributed by atoms with Crippen molar-refractivity contribution in [2.75, 3.05) is 16.8 Å². The van der Waals surface area contributed by atoms with E-state index in [1.807, 2.05) is 11.8 Å². The van der Waals surface area contributed by atoms with E-state index < -0.39 is 17.7 Å². The number of hydrogen-bond donors (Lipinski definition) is 1. The highest BCUT2D eigenvalue weighted by atomic mass is 19.2. The SMILES string of the molecule is Cc1cc(NC(=O)[C@H]2CCCN2c2ccc(F)c(F)c2C)ccn1. The molecule has 24 heavy (non-hydrogen) atoms. The predicted octanol–water partition coefficient (Wildman–Crippen LogP) is 3.58. The van der Waals surface area contributed by atoms with Gasteiger partial charge >= 0.3 is 0 Å². The number of carbonyl (C=O) groups is 1. The molecule has 2 heterocycles. The first-order valence-corrected chi connectivity index (χ1v) is 7.92. The molecule has 1 amide bonds. The normalized spacial score (nSPS) is 17.2. The molecule has 1 aliphatic rings. The molecule has 0 spiro atoms. The lowest BCUT2D eigenvalue weighted by Gasteiger charge is -2.27. The number of rotatable bonds is 3. The molecule has 0 radical (unpaired) electrons. The summed E-state index contributed by atoms with van der Waals surface area (Å²) in [5.41, 5.74) is 2.29. The maximum absolute atomic E-state index is 13.9. The van der Waals surface area contributed by atoms with E-state index in [2.05, 4.69) is 10.3 Å². The van der Waals surface area contributed by atoms with Gasteiger partial charge < -0.3 is 10.2 Å². The lowest BCUT2D eigenvalue weighted by Crippen LogP contribution is -2.40. The van der Waals surface area contributed by atoms with E-state index in [1.54, 1.807) is 18.3 Å². The van der Waals surface area contributed by atoms with Crippen molar-refractivity contribution in [3.05, 3.63) is 53.4 Å². The maximum Gasteiger partial charge on any atom is 0.247 e. The van der Waals surface area contributed by atoms with Crippen molar-refractivity contribution >= 4 is 17.3 Å². The summed E-state index contributed by atoms with van der Waals surface area (Å²) in [6.45, 7) is 4.02. The maximum atomic E-state index is 13.9. The second-order valence-electron chi connectivity index (χ2n) is 6.03. The monoisotopic (exact) mass is 331 g/mol. The molecule has 1 N–H and O–H groups in total. The molecule has 0 bridgehead atoms. The molecular formula is C18H19F2N3O. The summed E-state index contributed by atoms with van der Waals surface area (Å²) < 4.78 is 27.2. The third-order valence-electron chi connectivity index (χ3n) is 4.34. The quantitative estimate of drug-likeness (QED) is 0.935. The first-order chi connectivity index (χ1) is 11.5. The third kappa shape index (κ3) is 3.09. The van der Waals surface area contributed by atoms with E-state index >= 15 is 0 Å². The average Bonchev–Trinajstić information content (AvgIpc) is 3.02. The number of pyridine rings is 1. The summed E-state index contributed by atoms with van der Waals surface area (Å²) in [4.78, 5) is 18.6. The Morgan fingerprint density at radius 1 is 1.29 bits per heavy atom. The molecular weight excluding hydrogens is 312 g/mol. The van der Waals surface area contributed by atoms with Gasteiger partial charge in [0.15, 0.2) is 11.6 Å². The van der Waals surface area contributed by atoms with Gasteiger partial charge in [-0.05, 0) is 51.0 Å². The molecule has 126 valence electrons. The second kappa shape index (κ2) is 6.55. The van der Waals surface area contributed by atoms with Crippen molar-refractivity contribution in [3.8, 4) is 0 Å². The van der Waals surface area contributed by atoms with E-state index in [0.29, 0.717) is 24.3 Å². The molecule has 3 rings (SSSR count). The highest BCUT2D eigenvalue weighted by Gasteiger charge is 2.32. The van der Waals surface area contributed by atoms with Gasteiger partial charge in [0, 0.05) is 35.4 Å². The van der Waals surface area contributed by atoms with E-state index in [1.165, 1.54) is 13.0 Å². The van der Waals surface area contributed by atoms with Gasteiger partial charge in [-0.2, -0.15) is 0 Å². The fourth-order valence-electron chi connectivity index (χ4n) is 3.13. The zero-order valence-corrected chi connectivity index (χ0v) is 13.6. The number of anilines is 2. The third-order valence-corrected chi connectivity index (χ3v) is 4.34. The van der Waals surface area contributed by atoms with Crippen LogP contribution < -0.4 is 10.2 Å². The van der Waals surface area contributed by atoms with E-state index in [0.717, 1.165) is 18.2 Å². The molecule has 0 saturated carbocycles. The van der Waals surface area contributed by atoms with Gasteiger partial charge in [-0.3, -0.25) is 9.78 Å². The average molecular weight is 331 g/mol. The summed E-state index contributed by atoms with van der Waals surface area (Å²) in [7, 11) is 0. The Balaban J connectivity index is 1.83. The van der Waals surface area contributed by atoms with Gasteiger partial charge in [0.05, 0.1) is 0 Å². The molecule has 4 nitrogen and oxygen atoms in total. The van der Waals surface area contributed by atoms with E-state index in [-0.39, 0.29) is 11.5 Å². The fraction of sp³-hybridized carbons (Fsp3) is 0.333. The molecule has 6 heteroatoms. The van der Waals surface area contributed by atoms with Crippen LogP contribution in [0.25, 0.3) is 0 Å². The summed E-state index contributed by atoms with van der Waals surface area (Å²) in [5.74, 6) is -1.88. The number of nitrogens with one attached hydrogen (secondary N) is 1. The number of benzene rings is 1. The highest BCUT2D eigenvalue weighted by Crippen LogP contribution is 2.31. The zero-order valence-electron chi connectivity index (χ0n) is 13.6. The van der Waals surface area contributed by atoms with Crippen LogP contribution in [-0.2, 0) is 4.79 Å². The van der Waals surface area contributed by atoms with Crippen molar-refractivity contribution < 1.29 is 13.6 Å². The highest BCUT2D eigenvalue weighted by molar-refractivity contribution is 5.97. The van der Waals surface area contributed by atoms with Crippen LogP contribution in [0.4, 0.5) is 20.2 Å². The van der Waals surface area contributed by atoms with Crippen LogP contribution in [0.15, 0.2) is 30.5 Å². The number of aromatic nitrogens is 1. The van der Waals surface area contributed by atoms with Crippen LogP contribution in [0.2, 0.25) is 0 Å². The standard InChI is InChI=1S/C18H19F2N3O/c1-11-10-13(7-8-21-11)22-18(24)16-4-3-9-23(16)15-6-5-14(19)17(20)12(15)2/h5-8,10,16H,3-4,9H2,1-2H3,(H,21,22,24)/t16-/m1/s1. The summed E-state index contributed by atoms with van der Waals surface area (Å²) in [5, 5.41) is 2.88. The molecule has 1 aromatic heterocycles. The van der Waals surface area contributed by atoms with Gasteiger partial charge in [0.25, 0.3) is 0 Å². The van der Waals surface area contributed by atoms with Gasteiger partial charge in [-0.15, -0.1) is 0 Å². The molecule has 1 saturated heterocycles. The number of nitrogens with zero attached hydrogens (tertiary/aromatic N) is 2. The minimum atomic E-state index is -0.872. The van der Waals surface area contributed by atoms with Gasteiger partial charge in [0.1, 0.15) is 6.04 Å². The van der Waals surface area contributed by atoms with Crippen LogP contribution in [0.1, 0.15) is 24.1 Å². The largest absolute Gasteiger partial charge is 0.359 e. The molecule has 2 aromatic rings. The fourth-order valence-corrected chi connectivity index (χ4v) is 3.13. The number of halogens is 2. The van der Waals surface area contributed by atoms with Crippen molar-refractivity contribution in [2.24, 2.45) is 0 Å². The Labute approximate surface area is 139 Å². The van der Waals surface area contributed by atoms with E-state index in [4.69, 9.17) is 0 Å². The van der Waals surface area contributed by atoms with Crippen molar-refractivity contribution in [2.45, 2.75) is 32.7 Å².